The summed E-state index contributed by atoms with van der Waals surface area (Å²) in [5, 5.41) is 9.91. The van der Waals surface area contributed by atoms with Gasteiger partial charge in [0.1, 0.15) is 11.5 Å². The third-order valence-corrected chi connectivity index (χ3v) is 3.18. The van der Waals surface area contributed by atoms with Gasteiger partial charge < -0.3 is 14.6 Å². The summed E-state index contributed by atoms with van der Waals surface area (Å²) in [5.41, 5.74) is 0.842. The van der Waals surface area contributed by atoms with Gasteiger partial charge in [-0.2, -0.15) is 0 Å². The number of rotatable bonds is 6. The summed E-state index contributed by atoms with van der Waals surface area (Å²) in [6.07, 6.45) is -0.720. The summed E-state index contributed by atoms with van der Waals surface area (Å²) in [4.78, 5) is 11.3. The molecule has 0 heterocycles. The molecular weight excluding hydrogens is 292 g/mol. The SMILES string of the molecule is COc1cccc(O[C@@H](Cc2ccc(Cl)cc2)C(=O)O)c1. The van der Waals surface area contributed by atoms with Crippen LogP contribution in [0.1, 0.15) is 5.56 Å². The Balaban J connectivity index is 2.11. The van der Waals surface area contributed by atoms with Gasteiger partial charge in [-0.05, 0) is 29.8 Å². The minimum atomic E-state index is -1.02. The molecule has 0 aromatic heterocycles. The number of hydrogen-bond donors (Lipinski definition) is 1. The molecular formula is C16H15ClO4. The Morgan fingerprint density at radius 1 is 1.19 bits per heavy atom. The highest BCUT2D eigenvalue weighted by atomic mass is 35.5. The van der Waals surface area contributed by atoms with E-state index in [-0.39, 0.29) is 6.42 Å². The number of carboxylic acid groups (broad SMARTS) is 1. The Morgan fingerprint density at radius 2 is 1.86 bits per heavy atom. The van der Waals surface area contributed by atoms with Gasteiger partial charge >= 0.3 is 5.97 Å². The highest BCUT2D eigenvalue weighted by Gasteiger charge is 2.20. The van der Waals surface area contributed by atoms with Gasteiger partial charge in [-0.3, -0.25) is 0 Å². The Bertz CT molecular complexity index is 610. The fourth-order valence-corrected chi connectivity index (χ4v) is 1.98. The van der Waals surface area contributed by atoms with Crippen LogP contribution in [-0.4, -0.2) is 24.3 Å². The van der Waals surface area contributed by atoms with E-state index in [4.69, 9.17) is 21.1 Å². The number of hydrogen-bond acceptors (Lipinski definition) is 3. The van der Waals surface area contributed by atoms with Crippen LogP contribution in [0.25, 0.3) is 0 Å². The first-order chi connectivity index (χ1) is 10.1. The lowest BCUT2D eigenvalue weighted by atomic mass is 10.1. The molecule has 0 saturated heterocycles. The van der Waals surface area contributed by atoms with E-state index in [0.717, 1.165) is 5.56 Å². The Kier molecular flexibility index (Phi) is 5.06. The van der Waals surface area contributed by atoms with Crippen molar-refractivity contribution < 1.29 is 19.4 Å². The van der Waals surface area contributed by atoms with Gasteiger partial charge in [0.15, 0.2) is 6.10 Å². The van der Waals surface area contributed by atoms with E-state index >= 15 is 0 Å². The molecule has 0 amide bonds. The van der Waals surface area contributed by atoms with Gasteiger partial charge in [0, 0.05) is 17.5 Å². The van der Waals surface area contributed by atoms with Gasteiger partial charge in [0.2, 0.25) is 0 Å². The van der Waals surface area contributed by atoms with Gasteiger partial charge in [-0.1, -0.05) is 29.8 Å². The first-order valence-corrected chi connectivity index (χ1v) is 6.74. The van der Waals surface area contributed by atoms with Crippen LogP contribution in [0.15, 0.2) is 48.5 Å². The Hall–Kier alpha value is -2.20. The van der Waals surface area contributed by atoms with Crippen molar-refractivity contribution >= 4 is 17.6 Å². The maximum Gasteiger partial charge on any atom is 0.345 e. The van der Waals surface area contributed by atoms with Crippen LogP contribution in [0.2, 0.25) is 5.02 Å². The Labute approximate surface area is 127 Å². The molecule has 0 saturated carbocycles. The van der Waals surface area contributed by atoms with Gasteiger partial charge in [0.25, 0.3) is 0 Å². The number of ether oxygens (including phenoxy) is 2. The molecule has 0 aliphatic carbocycles. The summed E-state index contributed by atoms with van der Waals surface area (Å²) < 4.78 is 10.6. The summed E-state index contributed by atoms with van der Waals surface area (Å²) in [6, 6.07) is 13.9. The zero-order chi connectivity index (χ0) is 15.2. The van der Waals surface area contributed by atoms with Crippen molar-refractivity contribution in [3.8, 4) is 11.5 Å². The van der Waals surface area contributed by atoms with E-state index in [0.29, 0.717) is 16.5 Å². The fraction of sp³-hybridized carbons (Fsp3) is 0.188. The van der Waals surface area contributed by atoms with Crippen molar-refractivity contribution in [2.24, 2.45) is 0 Å². The lowest BCUT2D eigenvalue weighted by Crippen LogP contribution is -2.29. The van der Waals surface area contributed by atoms with Crippen LogP contribution >= 0.6 is 11.6 Å². The van der Waals surface area contributed by atoms with Crippen LogP contribution in [0, 0.1) is 0 Å². The maximum atomic E-state index is 11.3. The monoisotopic (exact) mass is 306 g/mol. The maximum absolute atomic E-state index is 11.3. The van der Waals surface area contributed by atoms with E-state index in [1.165, 1.54) is 0 Å². The first kappa shape index (κ1) is 15.2. The van der Waals surface area contributed by atoms with Crippen molar-refractivity contribution in [3.63, 3.8) is 0 Å². The van der Waals surface area contributed by atoms with E-state index < -0.39 is 12.1 Å². The molecule has 5 heteroatoms. The molecule has 0 unspecified atom stereocenters. The summed E-state index contributed by atoms with van der Waals surface area (Å²) in [7, 11) is 1.54. The molecule has 0 spiro atoms. The number of aliphatic carboxylic acids is 1. The van der Waals surface area contributed by atoms with Crippen LogP contribution < -0.4 is 9.47 Å². The number of halogens is 1. The first-order valence-electron chi connectivity index (χ1n) is 6.36. The molecule has 0 fully saturated rings. The molecule has 4 nitrogen and oxygen atoms in total. The average molecular weight is 307 g/mol. The van der Waals surface area contributed by atoms with Gasteiger partial charge in [-0.25, -0.2) is 4.79 Å². The predicted molar refractivity (Wildman–Crippen MR) is 80.2 cm³/mol. The van der Waals surface area contributed by atoms with Crippen LogP contribution in [0.3, 0.4) is 0 Å². The minimum absolute atomic E-state index is 0.254. The highest BCUT2D eigenvalue weighted by molar-refractivity contribution is 6.30. The van der Waals surface area contributed by atoms with E-state index in [2.05, 4.69) is 0 Å². The number of benzene rings is 2. The summed E-state index contributed by atoms with van der Waals surface area (Å²) >= 11 is 5.81. The molecule has 2 rings (SSSR count). The number of methoxy groups -OCH3 is 1. The average Bonchev–Trinajstić information content (AvgIpc) is 2.49. The highest BCUT2D eigenvalue weighted by Crippen LogP contribution is 2.21. The van der Waals surface area contributed by atoms with Crippen LogP contribution in [0.4, 0.5) is 0 Å². The van der Waals surface area contributed by atoms with Crippen molar-refractivity contribution in [2.75, 3.05) is 7.11 Å². The van der Waals surface area contributed by atoms with Gasteiger partial charge in [0.05, 0.1) is 7.11 Å². The normalized spacial score (nSPS) is 11.7. The number of carboxylic acids is 1. The largest absolute Gasteiger partial charge is 0.497 e. The smallest absolute Gasteiger partial charge is 0.345 e. The molecule has 110 valence electrons. The molecule has 0 aliphatic heterocycles. The molecule has 1 N–H and O–H groups in total. The van der Waals surface area contributed by atoms with Gasteiger partial charge in [-0.15, -0.1) is 0 Å². The van der Waals surface area contributed by atoms with E-state index in [1.807, 2.05) is 0 Å². The second kappa shape index (κ2) is 6.99. The summed E-state index contributed by atoms with van der Waals surface area (Å²) in [6.45, 7) is 0. The molecule has 2 aromatic carbocycles. The lowest BCUT2D eigenvalue weighted by molar-refractivity contribution is -0.145. The quantitative estimate of drug-likeness (QED) is 0.888. The third kappa shape index (κ3) is 4.39. The molecule has 0 bridgehead atoms. The van der Waals surface area contributed by atoms with Crippen molar-refractivity contribution in [2.45, 2.75) is 12.5 Å². The zero-order valence-electron chi connectivity index (χ0n) is 11.5. The second-order valence-electron chi connectivity index (χ2n) is 4.45. The van der Waals surface area contributed by atoms with Crippen molar-refractivity contribution in [1.29, 1.82) is 0 Å². The second-order valence-corrected chi connectivity index (χ2v) is 4.89. The van der Waals surface area contributed by atoms with E-state index in [9.17, 15) is 9.90 Å². The third-order valence-electron chi connectivity index (χ3n) is 2.93. The number of carbonyl (C=O) groups is 1. The molecule has 2 aromatic rings. The molecule has 21 heavy (non-hydrogen) atoms. The van der Waals surface area contributed by atoms with Crippen molar-refractivity contribution in [1.82, 2.24) is 0 Å². The lowest BCUT2D eigenvalue weighted by Gasteiger charge is -2.15. The topological polar surface area (TPSA) is 55.8 Å². The van der Waals surface area contributed by atoms with Crippen molar-refractivity contribution in [3.05, 3.63) is 59.1 Å². The Morgan fingerprint density at radius 3 is 2.48 bits per heavy atom. The van der Waals surface area contributed by atoms with Crippen LogP contribution in [0.5, 0.6) is 11.5 Å². The molecule has 1 atom stereocenters. The molecule has 0 radical (unpaired) electrons. The van der Waals surface area contributed by atoms with Crippen LogP contribution in [-0.2, 0) is 11.2 Å². The zero-order valence-corrected chi connectivity index (χ0v) is 12.2. The van der Waals surface area contributed by atoms with E-state index in [1.54, 1.807) is 55.6 Å². The standard InChI is InChI=1S/C16H15ClO4/c1-20-13-3-2-4-14(10-13)21-15(16(18)19)9-11-5-7-12(17)8-6-11/h2-8,10,15H,9H2,1H3,(H,18,19)/t15-/m0/s1. The minimum Gasteiger partial charge on any atom is -0.497 e. The fourth-order valence-electron chi connectivity index (χ4n) is 1.85. The predicted octanol–water partition coefficient (Wildman–Crippen LogP) is 3.42. The summed E-state index contributed by atoms with van der Waals surface area (Å²) in [5.74, 6) is 0.0478. The molecule has 0 aliphatic rings.